The van der Waals surface area contributed by atoms with Crippen molar-refractivity contribution in [2.45, 2.75) is 26.4 Å². The summed E-state index contributed by atoms with van der Waals surface area (Å²) in [5.41, 5.74) is 2.20. The van der Waals surface area contributed by atoms with Crippen molar-refractivity contribution in [3.63, 3.8) is 0 Å². The van der Waals surface area contributed by atoms with Crippen molar-refractivity contribution in [2.75, 3.05) is 53.1 Å². The van der Waals surface area contributed by atoms with Crippen LogP contribution in [0.25, 0.3) is 0 Å². The molecule has 1 aliphatic rings. The average Bonchev–Trinajstić information content (AvgIpc) is 2.84. The first kappa shape index (κ1) is 27.1. The third kappa shape index (κ3) is 8.31. The molecule has 0 spiro atoms. The topological polar surface area (TPSA) is 80.2 Å². The maximum absolute atomic E-state index is 5.63. The van der Waals surface area contributed by atoms with Gasteiger partial charge in [-0.25, -0.2) is 9.98 Å². The Balaban J connectivity index is 0.00000385. The number of halogens is 1. The standard InChI is InChI=1S/C24H35N5O3.HI/c1-4-25-24(27-17-20-7-6-12-26-23(20)32-5-2)28-18-22(29-13-15-31-16-14-29)19-8-10-21(30-3)11-9-19;/h6-12,22H,4-5,13-18H2,1-3H3,(H2,25,27,28);1H. The summed E-state index contributed by atoms with van der Waals surface area (Å²) in [5, 5.41) is 6.88. The summed E-state index contributed by atoms with van der Waals surface area (Å²) in [4.78, 5) is 11.6. The van der Waals surface area contributed by atoms with Crippen molar-refractivity contribution in [3.05, 3.63) is 53.7 Å². The van der Waals surface area contributed by atoms with Crippen LogP contribution in [0, 0.1) is 0 Å². The van der Waals surface area contributed by atoms with Gasteiger partial charge in [-0.3, -0.25) is 4.90 Å². The molecule has 0 radical (unpaired) electrons. The van der Waals surface area contributed by atoms with Crippen molar-refractivity contribution < 1.29 is 14.2 Å². The molecule has 1 unspecified atom stereocenters. The van der Waals surface area contributed by atoms with E-state index in [-0.39, 0.29) is 30.0 Å². The van der Waals surface area contributed by atoms with Crippen LogP contribution in [0.5, 0.6) is 11.6 Å². The zero-order valence-corrected chi connectivity index (χ0v) is 22.1. The van der Waals surface area contributed by atoms with E-state index in [1.807, 2.05) is 31.2 Å². The van der Waals surface area contributed by atoms with E-state index in [1.165, 1.54) is 5.56 Å². The lowest BCUT2D eigenvalue weighted by molar-refractivity contribution is 0.0170. The number of aliphatic imine (C=N–C) groups is 1. The van der Waals surface area contributed by atoms with Gasteiger partial charge in [0.1, 0.15) is 5.75 Å². The van der Waals surface area contributed by atoms with E-state index in [0.717, 1.165) is 56.7 Å². The third-order valence-electron chi connectivity index (χ3n) is 5.33. The Hall–Kier alpha value is -2.11. The van der Waals surface area contributed by atoms with Crippen molar-refractivity contribution in [1.29, 1.82) is 0 Å². The molecule has 1 aromatic heterocycles. The number of methoxy groups -OCH3 is 1. The second kappa shape index (κ2) is 14.9. The van der Waals surface area contributed by atoms with Crippen LogP contribution in [0.2, 0.25) is 0 Å². The summed E-state index contributed by atoms with van der Waals surface area (Å²) >= 11 is 0. The van der Waals surface area contributed by atoms with Crippen LogP contribution in [0.3, 0.4) is 0 Å². The normalized spacial score (nSPS) is 15.3. The van der Waals surface area contributed by atoms with E-state index >= 15 is 0 Å². The Kier molecular flexibility index (Phi) is 12.3. The summed E-state index contributed by atoms with van der Waals surface area (Å²) in [7, 11) is 1.69. The first-order valence-electron chi connectivity index (χ1n) is 11.3. The van der Waals surface area contributed by atoms with E-state index in [9.17, 15) is 0 Å². The monoisotopic (exact) mass is 569 g/mol. The number of morpholine rings is 1. The SMILES string of the molecule is CCNC(=NCc1cccnc1OCC)NCC(c1ccc(OC)cc1)N1CCOCC1.I. The van der Waals surface area contributed by atoms with Gasteiger partial charge >= 0.3 is 0 Å². The van der Waals surface area contributed by atoms with Gasteiger partial charge in [0.15, 0.2) is 5.96 Å². The van der Waals surface area contributed by atoms with Gasteiger partial charge < -0.3 is 24.8 Å². The third-order valence-corrected chi connectivity index (χ3v) is 5.33. The quantitative estimate of drug-likeness (QED) is 0.259. The van der Waals surface area contributed by atoms with Crippen LogP contribution >= 0.6 is 24.0 Å². The molecule has 2 aromatic rings. The van der Waals surface area contributed by atoms with E-state index in [0.29, 0.717) is 19.0 Å². The number of hydrogen-bond acceptors (Lipinski definition) is 6. The van der Waals surface area contributed by atoms with Gasteiger partial charge in [-0.2, -0.15) is 0 Å². The summed E-state index contributed by atoms with van der Waals surface area (Å²) in [6, 6.07) is 12.4. The van der Waals surface area contributed by atoms with E-state index < -0.39 is 0 Å². The van der Waals surface area contributed by atoms with Gasteiger partial charge in [0.25, 0.3) is 0 Å². The molecule has 3 rings (SSSR count). The first-order valence-corrected chi connectivity index (χ1v) is 11.3. The second-order valence-corrected chi connectivity index (χ2v) is 7.41. The lowest BCUT2D eigenvalue weighted by atomic mass is 10.0. The molecule has 0 bridgehead atoms. The zero-order chi connectivity index (χ0) is 22.6. The highest BCUT2D eigenvalue weighted by Crippen LogP contribution is 2.23. The number of aromatic nitrogens is 1. The minimum atomic E-state index is 0. The Labute approximate surface area is 214 Å². The molecular formula is C24H36IN5O3. The fraction of sp³-hybridized carbons (Fsp3) is 0.500. The highest BCUT2D eigenvalue weighted by molar-refractivity contribution is 14.0. The van der Waals surface area contributed by atoms with Crippen LogP contribution in [0.1, 0.15) is 31.0 Å². The maximum atomic E-state index is 5.63. The lowest BCUT2D eigenvalue weighted by Crippen LogP contribution is -2.46. The lowest BCUT2D eigenvalue weighted by Gasteiger charge is -2.35. The van der Waals surface area contributed by atoms with Crippen LogP contribution < -0.4 is 20.1 Å². The number of nitrogens with zero attached hydrogens (tertiary/aromatic N) is 3. The van der Waals surface area contributed by atoms with E-state index in [4.69, 9.17) is 19.2 Å². The maximum Gasteiger partial charge on any atom is 0.218 e. The fourth-order valence-electron chi connectivity index (χ4n) is 3.68. The summed E-state index contributed by atoms with van der Waals surface area (Å²) in [6.45, 7) is 9.90. The molecule has 182 valence electrons. The molecule has 33 heavy (non-hydrogen) atoms. The summed E-state index contributed by atoms with van der Waals surface area (Å²) in [6.07, 6.45) is 1.74. The number of rotatable bonds is 10. The minimum absolute atomic E-state index is 0. The molecule has 8 nitrogen and oxygen atoms in total. The van der Waals surface area contributed by atoms with Gasteiger partial charge in [-0.1, -0.05) is 18.2 Å². The summed E-state index contributed by atoms with van der Waals surface area (Å²) in [5.74, 6) is 2.27. The molecule has 9 heteroatoms. The average molecular weight is 569 g/mol. The number of hydrogen-bond donors (Lipinski definition) is 2. The molecule has 0 amide bonds. The fourth-order valence-corrected chi connectivity index (χ4v) is 3.68. The highest BCUT2D eigenvalue weighted by atomic mass is 127. The number of nitrogens with one attached hydrogen (secondary N) is 2. The molecule has 1 aromatic carbocycles. The molecule has 1 atom stereocenters. The first-order chi connectivity index (χ1) is 15.7. The van der Waals surface area contributed by atoms with Crippen molar-refractivity contribution >= 4 is 29.9 Å². The number of ether oxygens (including phenoxy) is 3. The molecule has 1 aliphatic heterocycles. The zero-order valence-electron chi connectivity index (χ0n) is 19.8. The Morgan fingerprint density at radius 1 is 1.15 bits per heavy atom. The smallest absolute Gasteiger partial charge is 0.218 e. The predicted octanol–water partition coefficient (Wildman–Crippen LogP) is 3.24. The molecular weight excluding hydrogens is 533 g/mol. The van der Waals surface area contributed by atoms with Crippen molar-refractivity contribution in [1.82, 2.24) is 20.5 Å². The Bertz CT molecular complexity index is 844. The highest BCUT2D eigenvalue weighted by Gasteiger charge is 2.23. The Morgan fingerprint density at radius 3 is 2.58 bits per heavy atom. The van der Waals surface area contributed by atoms with Gasteiger partial charge in [0.2, 0.25) is 5.88 Å². The van der Waals surface area contributed by atoms with Gasteiger partial charge in [0, 0.05) is 37.9 Å². The Morgan fingerprint density at radius 2 is 1.91 bits per heavy atom. The van der Waals surface area contributed by atoms with Gasteiger partial charge in [0.05, 0.1) is 39.5 Å². The van der Waals surface area contributed by atoms with E-state index in [2.05, 4.69) is 39.6 Å². The van der Waals surface area contributed by atoms with Gasteiger partial charge in [-0.05, 0) is 37.6 Å². The van der Waals surface area contributed by atoms with E-state index in [1.54, 1.807) is 13.3 Å². The minimum Gasteiger partial charge on any atom is -0.497 e. The second-order valence-electron chi connectivity index (χ2n) is 7.41. The predicted molar refractivity (Wildman–Crippen MR) is 142 cm³/mol. The van der Waals surface area contributed by atoms with Crippen LogP contribution in [-0.2, 0) is 11.3 Å². The molecule has 1 saturated heterocycles. The van der Waals surface area contributed by atoms with Crippen molar-refractivity contribution in [2.24, 2.45) is 4.99 Å². The molecule has 0 saturated carbocycles. The molecule has 2 N–H and O–H groups in total. The molecule has 2 heterocycles. The van der Waals surface area contributed by atoms with Crippen LogP contribution in [0.15, 0.2) is 47.6 Å². The number of pyridine rings is 1. The van der Waals surface area contributed by atoms with Crippen LogP contribution in [0.4, 0.5) is 0 Å². The summed E-state index contributed by atoms with van der Waals surface area (Å²) < 4.78 is 16.5. The molecule has 1 fully saturated rings. The number of guanidine groups is 1. The van der Waals surface area contributed by atoms with Crippen molar-refractivity contribution in [3.8, 4) is 11.6 Å². The number of benzene rings is 1. The van der Waals surface area contributed by atoms with Crippen LogP contribution in [-0.4, -0.2) is 69.0 Å². The van der Waals surface area contributed by atoms with Gasteiger partial charge in [-0.15, -0.1) is 24.0 Å². The largest absolute Gasteiger partial charge is 0.497 e. The molecule has 0 aliphatic carbocycles.